The van der Waals surface area contributed by atoms with Gasteiger partial charge in [0.15, 0.2) is 4.80 Å². The Hall–Kier alpha value is -3.21. The second kappa shape index (κ2) is 12.3. The lowest BCUT2D eigenvalue weighted by Gasteiger charge is -2.11. The average Bonchev–Trinajstić information content (AvgIpc) is 3.20. The Balaban J connectivity index is 1.81. The molecule has 0 atom stereocenters. The van der Waals surface area contributed by atoms with Gasteiger partial charge in [0.2, 0.25) is 5.91 Å². The first-order chi connectivity index (χ1) is 16.4. The molecule has 0 unspecified atom stereocenters. The van der Waals surface area contributed by atoms with Crippen LogP contribution in [0.2, 0.25) is 5.02 Å². The highest BCUT2D eigenvalue weighted by molar-refractivity contribution is 7.07. The Morgan fingerprint density at radius 2 is 1.97 bits per heavy atom. The van der Waals surface area contributed by atoms with E-state index in [1.807, 2.05) is 9.95 Å². The SMILES string of the molecule is COc1cc(Cl)ccc1/N=c1\scc(-c2ccc(F)cc2)n1CCCNC(=O)COCC(=O)O. The van der Waals surface area contributed by atoms with Crippen LogP contribution < -0.4 is 14.9 Å². The number of carbonyl (C=O) groups is 2. The Labute approximate surface area is 204 Å². The van der Waals surface area contributed by atoms with Crippen molar-refractivity contribution in [3.63, 3.8) is 0 Å². The van der Waals surface area contributed by atoms with Gasteiger partial charge in [0.25, 0.3) is 0 Å². The summed E-state index contributed by atoms with van der Waals surface area (Å²) in [6.07, 6.45) is 0.570. The van der Waals surface area contributed by atoms with Gasteiger partial charge in [-0.15, -0.1) is 11.3 Å². The van der Waals surface area contributed by atoms with Crippen LogP contribution in [0.15, 0.2) is 52.8 Å². The van der Waals surface area contributed by atoms with E-state index in [0.29, 0.717) is 40.8 Å². The van der Waals surface area contributed by atoms with Crippen LogP contribution in [0.1, 0.15) is 6.42 Å². The van der Waals surface area contributed by atoms with E-state index in [4.69, 9.17) is 31.2 Å². The largest absolute Gasteiger partial charge is 0.494 e. The van der Waals surface area contributed by atoms with E-state index >= 15 is 0 Å². The quantitative estimate of drug-likeness (QED) is 0.384. The molecule has 8 nitrogen and oxygen atoms in total. The maximum Gasteiger partial charge on any atom is 0.329 e. The molecular weight excluding hydrogens is 485 g/mol. The van der Waals surface area contributed by atoms with Gasteiger partial charge in [-0.2, -0.15) is 0 Å². The van der Waals surface area contributed by atoms with Crippen molar-refractivity contribution in [1.29, 1.82) is 0 Å². The Kier molecular flexibility index (Phi) is 9.20. The number of aliphatic carboxylic acids is 1. The van der Waals surface area contributed by atoms with E-state index in [2.05, 4.69) is 5.32 Å². The first-order valence-electron chi connectivity index (χ1n) is 10.3. The van der Waals surface area contributed by atoms with Crippen LogP contribution in [0.3, 0.4) is 0 Å². The number of nitrogens with zero attached hydrogens (tertiary/aromatic N) is 2. The second-order valence-electron chi connectivity index (χ2n) is 7.08. The van der Waals surface area contributed by atoms with Crippen molar-refractivity contribution in [2.45, 2.75) is 13.0 Å². The topological polar surface area (TPSA) is 102 Å². The van der Waals surface area contributed by atoms with Crippen molar-refractivity contribution in [3.05, 3.63) is 63.5 Å². The molecule has 0 bridgehead atoms. The molecule has 34 heavy (non-hydrogen) atoms. The van der Waals surface area contributed by atoms with Crippen molar-refractivity contribution < 1.29 is 28.6 Å². The number of methoxy groups -OCH3 is 1. The number of ether oxygens (including phenoxy) is 2. The minimum absolute atomic E-state index is 0.324. The van der Waals surface area contributed by atoms with E-state index in [-0.39, 0.29) is 12.4 Å². The number of amides is 1. The highest BCUT2D eigenvalue weighted by Crippen LogP contribution is 2.30. The van der Waals surface area contributed by atoms with Crippen LogP contribution >= 0.6 is 22.9 Å². The third-order valence-electron chi connectivity index (χ3n) is 4.63. The highest BCUT2D eigenvalue weighted by atomic mass is 35.5. The molecule has 0 spiro atoms. The molecule has 0 aliphatic heterocycles. The summed E-state index contributed by atoms with van der Waals surface area (Å²) in [5.41, 5.74) is 2.29. The number of thiazole rings is 1. The standard InChI is InChI=1S/C23H23ClFN3O5S/c1-32-20-11-16(24)5-8-18(20)27-23-28(10-2-9-26-21(29)12-33-13-22(30)31)19(14-34-23)15-3-6-17(25)7-4-15/h3-8,11,14H,2,9-10,12-13H2,1H3,(H,26,29)(H,30,31)/b27-23-. The predicted octanol–water partition coefficient (Wildman–Crippen LogP) is 3.86. The van der Waals surface area contributed by atoms with Gasteiger partial charge in [-0.1, -0.05) is 11.6 Å². The third kappa shape index (κ3) is 7.14. The predicted molar refractivity (Wildman–Crippen MR) is 127 cm³/mol. The fourth-order valence-corrected chi connectivity index (χ4v) is 4.19. The zero-order valence-electron chi connectivity index (χ0n) is 18.3. The molecule has 3 aromatic rings. The maximum atomic E-state index is 13.4. The molecule has 0 aliphatic rings. The third-order valence-corrected chi connectivity index (χ3v) is 5.73. The number of hydrogen-bond donors (Lipinski definition) is 2. The maximum absolute atomic E-state index is 13.4. The van der Waals surface area contributed by atoms with Crippen molar-refractivity contribution in [3.8, 4) is 17.0 Å². The van der Waals surface area contributed by atoms with Gasteiger partial charge < -0.3 is 24.5 Å². The van der Waals surface area contributed by atoms with E-state index in [9.17, 15) is 14.0 Å². The van der Waals surface area contributed by atoms with E-state index in [1.165, 1.54) is 23.5 Å². The number of aromatic nitrogens is 1. The molecule has 11 heteroatoms. The number of carbonyl (C=O) groups excluding carboxylic acids is 1. The van der Waals surface area contributed by atoms with Crippen LogP contribution in [-0.4, -0.2) is 48.4 Å². The van der Waals surface area contributed by atoms with Crippen molar-refractivity contribution in [1.82, 2.24) is 9.88 Å². The van der Waals surface area contributed by atoms with E-state index < -0.39 is 18.5 Å². The van der Waals surface area contributed by atoms with Crippen LogP contribution in [0.25, 0.3) is 11.3 Å². The van der Waals surface area contributed by atoms with Crippen molar-refractivity contribution >= 4 is 40.5 Å². The van der Waals surface area contributed by atoms with Gasteiger partial charge in [-0.3, -0.25) is 4.79 Å². The van der Waals surface area contributed by atoms with Crippen molar-refractivity contribution in [2.24, 2.45) is 4.99 Å². The summed E-state index contributed by atoms with van der Waals surface area (Å²) >= 11 is 7.48. The smallest absolute Gasteiger partial charge is 0.329 e. The summed E-state index contributed by atoms with van der Waals surface area (Å²) in [5.74, 6) is -1.33. The molecular formula is C23H23ClFN3O5S. The molecule has 0 fully saturated rings. The fourth-order valence-electron chi connectivity index (χ4n) is 3.08. The summed E-state index contributed by atoms with van der Waals surface area (Å²) < 4.78 is 25.6. The van der Waals surface area contributed by atoms with Crippen LogP contribution in [0.5, 0.6) is 5.75 Å². The average molecular weight is 508 g/mol. The minimum atomic E-state index is -1.14. The summed E-state index contributed by atoms with van der Waals surface area (Å²) in [4.78, 5) is 27.7. The van der Waals surface area contributed by atoms with Gasteiger partial charge in [0.05, 0.1) is 12.8 Å². The molecule has 0 saturated carbocycles. The fraction of sp³-hybridized carbons (Fsp3) is 0.261. The lowest BCUT2D eigenvalue weighted by molar-refractivity contribution is -0.143. The molecule has 1 aromatic heterocycles. The molecule has 2 N–H and O–H groups in total. The number of halogens is 2. The summed E-state index contributed by atoms with van der Waals surface area (Å²) in [6.45, 7) is 0.0137. The zero-order valence-corrected chi connectivity index (χ0v) is 19.9. The normalized spacial score (nSPS) is 11.4. The number of hydrogen-bond acceptors (Lipinski definition) is 6. The Morgan fingerprint density at radius 1 is 1.21 bits per heavy atom. The van der Waals surface area contributed by atoms with E-state index in [0.717, 1.165) is 11.3 Å². The van der Waals surface area contributed by atoms with Gasteiger partial charge in [0, 0.05) is 29.6 Å². The highest BCUT2D eigenvalue weighted by Gasteiger charge is 2.11. The van der Waals surface area contributed by atoms with Gasteiger partial charge in [0.1, 0.15) is 30.5 Å². The Morgan fingerprint density at radius 3 is 2.68 bits per heavy atom. The number of benzene rings is 2. The molecule has 0 aliphatic carbocycles. The molecule has 1 heterocycles. The van der Waals surface area contributed by atoms with Gasteiger partial charge in [-0.05, 0) is 48.4 Å². The van der Waals surface area contributed by atoms with Gasteiger partial charge in [-0.25, -0.2) is 14.2 Å². The summed E-state index contributed by atoms with van der Waals surface area (Å²) in [6, 6.07) is 11.4. The number of nitrogens with one attached hydrogen (secondary N) is 1. The lowest BCUT2D eigenvalue weighted by Crippen LogP contribution is -2.30. The van der Waals surface area contributed by atoms with Gasteiger partial charge >= 0.3 is 5.97 Å². The van der Waals surface area contributed by atoms with E-state index in [1.54, 1.807) is 37.4 Å². The summed E-state index contributed by atoms with van der Waals surface area (Å²) in [7, 11) is 1.54. The van der Waals surface area contributed by atoms with Crippen molar-refractivity contribution in [2.75, 3.05) is 26.9 Å². The first kappa shape index (κ1) is 25.4. The molecule has 2 aromatic carbocycles. The summed E-state index contributed by atoms with van der Waals surface area (Å²) in [5, 5.41) is 13.7. The number of carboxylic acid groups (broad SMARTS) is 1. The second-order valence-corrected chi connectivity index (χ2v) is 8.35. The Bertz CT molecular complexity index is 1210. The number of rotatable bonds is 11. The minimum Gasteiger partial charge on any atom is -0.494 e. The van der Waals surface area contributed by atoms with Crippen LogP contribution in [0, 0.1) is 5.82 Å². The van der Waals surface area contributed by atoms with Crippen LogP contribution in [-0.2, 0) is 20.9 Å². The van der Waals surface area contributed by atoms with Crippen LogP contribution in [0.4, 0.5) is 10.1 Å². The molecule has 3 rings (SSSR count). The zero-order chi connectivity index (χ0) is 24.5. The molecule has 1 amide bonds. The monoisotopic (exact) mass is 507 g/mol. The first-order valence-corrected chi connectivity index (χ1v) is 11.5. The molecule has 0 saturated heterocycles. The molecule has 0 radical (unpaired) electrons. The molecule has 180 valence electrons. The lowest BCUT2D eigenvalue weighted by atomic mass is 10.1. The number of carboxylic acids is 1.